The lowest BCUT2D eigenvalue weighted by molar-refractivity contribution is 0.181. The van der Waals surface area contributed by atoms with E-state index in [9.17, 15) is 10.2 Å². The zero-order valence-electron chi connectivity index (χ0n) is 14.3. The minimum absolute atomic E-state index is 0.358. The van der Waals surface area contributed by atoms with Gasteiger partial charge in [0, 0.05) is 12.7 Å². The summed E-state index contributed by atoms with van der Waals surface area (Å²) < 4.78 is 4.98. The average molecular weight is 302 g/mol. The molecular formula is C19H26O3. The fourth-order valence-electron chi connectivity index (χ4n) is 2.12. The average Bonchev–Trinajstić information content (AvgIpc) is 2.50. The molecule has 2 aromatic rings. The first-order valence-electron chi connectivity index (χ1n) is 7.32. The van der Waals surface area contributed by atoms with E-state index in [2.05, 4.69) is 0 Å². The number of hydrogen-bond donors (Lipinski definition) is 2. The summed E-state index contributed by atoms with van der Waals surface area (Å²) in [6.07, 6.45) is 0. The van der Waals surface area contributed by atoms with Crippen molar-refractivity contribution in [2.75, 3.05) is 7.11 Å². The predicted molar refractivity (Wildman–Crippen MR) is 90.6 cm³/mol. The van der Waals surface area contributed by atoms with Crippen LogP contribution in [0, 0.1) is 34.6 Å². The first-order chi connectivity index (χ1) is 10.3. The Labute approximate surface area is 133 Å². The predicted octanol–water partition coefficient (Wildman–Crippen LogP) is 4.47. The fourth-order valence-corrected chi connectivity index (χ4v) is 2.12. The van der Waals surface area contributed by atoms with Crippen molar-refractivity contribution < 1.29 is 14.9 Å². The van der Waals surface area contributed by atoms with Crippen LogP contribution >= 0.6 is 0 Å². The highest BCUT2D eigenvalue weighted by Gasteiger charge is 2.06. The first kappa shape index (κ1) is 18.1. The Balaban J connectivity index is 0.000000224. The topological polar surface area (TPSA) is 49.7 Å². The number of hydrogen-bond acceptors (Lipinski definition) is 3. The van der Waals surface area contributed by atoms with E-state index >= 15 is 0 Å². The molecule has 2 N–H and O–H groups in total. The van der Waals surface area contributed by atoms with Crippen LogP contribution in [0.1, 0.15) is 33.4 Å². The lowest BCUT2D eigenvalue weighted by atomic mass is 10.0. The van der Waals surface area contributed by atoms with Gasteiger partial charge in [-0.1, -0.05) is 24.3 Å². The van der Waals surface area contributed by atoms with E-state index in [0.29, 0.717) is 18.1 Å². The Morgan fingerprint density at radius 1 is 0.727 bits per heavy atom. The molecule has 0 aliphatic rings. The number of methoxy groups -OCH3 is 1. The molecule has 0 amide bonds. The summed E-state index contributed by atoms with van der Waals surface area (Å²) in [6.45, 7) is 10.1. The van der Waals surface area contributed by atoms with Crippen molar-refractivity contribution in [1.29, 1.82) is 0 Å². The number of aryl methyl sites for hydroxylation is 4. The van der Waals surface area contributed by atoms with Crippen LogP contribution in [0.15, 0.2) is 24.3 Å². The van der Waals surface area contributed by atoms with Crippen LogP contribution in [0.3, 0.4) is 0 Å². The van der Waals surface area contributed by atoms with Gasteiger partial charge >= 0.3 is 0 Å². The van der Waals surface area contributed by atoms with Crippen LogP contribution in [0.5, 0.6) is 11.5 Å². The Morgan fingerprint density at radius 3 is 1.68 bits per heavy atom. The summed E-state index contributed by atoms with van der Waals surface area (Å²) in [5.74, 6) is 0.789. The maximum absolute atomic E-state index is 9.63. The number of aromatic hydroxyl groups is 2. The molecule has 0 unspecified atom stereocenters. The molecule has 0 aliphatic carbocycles. The number of ether oxygens (including phenoxy) is 1. The molecule has 0 radical (unpaired) electrons. The van der Waals surface area contributed by atoms with Gasteiger partial charge in [-0.3, -0.25) is 0 Å². The molecule has 22 heavy (non-hydrogen) atoms. The summed E-state index contributed by atoms with van der Waals surface area (Å²) >= 11 is 0. The van der Waals surface area contributed by atoms with Crippen molar-refractivity contribution in [2.45, 2.75) is 41.2 Å². The van der Waals surface area contributed by atoms with Crippen molar-refractivity contribution in [3.63, 3.8) is 0 Å². The lowest BCUT2D eigenvalue weighted by Crippen LogP contribution is -1.93. The molecule has 0 heterocycles. The summed E-state index contributed by atoms with van der Waals surface area (Å²) in [6, 6.07) is 7.84. The Kier molecular flexibility index (Phi) is 6.44. The van der Waals surface area contributed by atoms with Crippen molar-refractivity contribution in [1.82, 2.24) is 0 Å². The molecule has 0 fully saturated rings. The number of phenols is 2. The largest absolute Gasteiger partial charge is 0.507 e. The number of benzene rings is 2. The molecule has 2 rings (SSSR count). The molecule has 3 nitrogen and oxygen atoms in total. The summed E-state index contributed by atoms with van der Waals surface area (Å²) in [7, 11) is 1.63. The molecule has 3 heteroatoms. The van der Waals surface area contributed by atoms with Gasteiger partial charge in [0.2, 0.25) is 0 Å². The van der Waals surface area contributed by atoms with Crippen molar-refractivity contribution >= 4 is 0 Å². The molecule has 0 aliphatic heterocycles. The molecule has 0 atom stereocenters. The van der Waals surface area contributed by atoms with Gasteiger partial charge in [0.05, 0.1) is 6.61 Å². The quantitative estimate of drug-likeness (QED) is 0.860. The Bertz CT molecular complexity index is 619. The first-order valence-corrected chi connectivity index (χ1v) is 7.32. The van der Waals surface area contributed by atoms with Crippen LogP contribution < -0.4 is 0 Å². The van der Waals surface area contributed by atoms with Crippen LogP contribution in [-0.2, 0) is 11.3 Å². The lowest BCUT2D eigenvalue weighted by Gasteiger charge is -2.09. The molecule has 0 aromatic heterocycles. The van der Waals surface area contributed by atoms with Gasteiger partial charge in [0.25, 0.3) is 0 Å². The zero-order valence-corrected chi connectivity index (χ0v) is 14.3. The fraction of sp³-hybridized carbons (Fsp3) is 0.368. The van der Waals surface area contributed by atoms with Gasteiger partial charge in [0.1, 0.15) is 11.5 Å². The highest BCUT2D eigenvalue weighted by Crippen LogP contribution is 2.25. The standard InChI is InChI=1S/C10H14O2.C9H12O/c1-7-4-5-8(2)10(11)9(7)6-12-3;1-6-4-5-7(2)9(10)8(6)3/h4-5,11H,6H2,1-3H3;4-5,10H,1-3H3. The van der Waals surface area contributed by atoms with Crippen LogP contribution in [0.2, 0.25) is 0 Å². The van der Waals surface area contributed by atoms with Crippen LogP contribution in [-0.4, -0.2) is 17.3 Å². The Hall–Kier alpha value is -2.00. The molecule has 120 valence electrons. The molecule has 2 aromatic carbocycles. The third-order valence-corrected chi connectivity index (χ3v) is 3.91. The van der Waals surface area contributed by atoms with E-state index in [0.717, 1.165) is 33.4 Å². The van der Waals surface area contributed by atoms with E-state index in [1.54, 1.807) is 7.11 Å². The maximum atomic E-state index is 9.63. The summed E-state index contributed by atoms with van der Waals surface area (Å²) in [4.78, 5) is 0. The van der Waals surface area contributed by atoms with Crippen molar-refractivity contribution in [3.8, 4) is 11.5 Å². The van der Waals surface area contributed by atoms with Crippen molar-refractivity contribution in [3.05, 3.63) is 57.6 Å². The van der Waals surface area contributed by atoms with Gasteiger partial charge in [-0.25, -0.2) is 0 Å². The van der Waals surface area contributed by atoms with Crippen LogP contribution in [0.25, 0.3) is 0 Å². The minimum Gasteiger partial charge on any atom is -0.507 e. The van der Waals surface area contributed by atoms with E-state index in [4.69, 9.17) is 4.74 Å². The third kappa shape index (κ3) is 4.25. The maximum Gasteiger partial charge on any atom is 0.124 e. The molecule has 0 bridgehead atoms. The minimum atomic E-state index is 0.358. The second-order valence-electron chi connectivity index (χ2n) is 5.63. The van der Waals surface area contributed by atoms with Gasteiger partial charge < -0.3 is 14.9 Å². The Morgan fingerprint density at radius 2 is 1.18 bits per heavy atom. The zero-order chi connectivity index (χ0) is 16.9. The molecule has 0 spiro atoms. The smallest absolute Gasteiger partial charge is 0.124 e. The van der Waals surface area contributed by atoms with Gasteiger partial charge in [-0.15, -0.1) is 0 Å². The highest BCUT2D eigenvalue weighted by molar-refractivity contribution is 5.44. The molecule has 0 saturated carbocycles. The van der Waals surface area contributed by atoms with Gasteiger partial charge in [0.15, 0.2) is 0 Å². The SMILES string of the molecule is COCc1c(C)ccc(C)c1O.Cc1ccc(C)c(O)c1C. The van der Waals surface area contributed by atoms with Crippen LogP contribution in [0.4, 0.5) is 0 Å². The number of phenolic OH excluding ortho intramolecular Hbond substituents is 2. The van der Waals surface area contributed by atoms with Gasteiger partial charge in [-0.05, 0) is 62.4 Å². The van der Waals surface area contributed by atoms with Gasteiger partial charge in [-0.2, -0.15) is 0 Å². The number of rotatable bonds is 2. The van der Waals surface area contributed by atoms with Crippen molar-refractivity contribution in [2.24, 2.45) is 0 Å². The monoisotopic (exact) mass is 302 g/mol. The summed E-state index contributed by atoms with van der Waals surface area (Å²) in [5.41, 5.74) is 5.93. The van der Waals surface area contributed by atoms with E-state index in [-0.39, 0.29) is 0 Å². The second-order valence-corrected chi connectivity index (χ2v) is 5.63. The normalized spacial score (nSPS) is 10.1. The van der Waals surface area contributed by atoms with E-state index in [1.165, 1.54) is 0 Å². The van der Waals surface area contributed by atoms with E-state index in [1.807, 2.05) is 58.9 Å². The highest BCUT2D eigenvalue weighted by atomic mass is 16.5. The third-order valence-electron chi connectivity index (χ3n) is 3.91. The summed E-state index contributed by atoms with van der Waals surface area (Å²) in [5, 5.41) is 19.0. The second kappa shape index (κ2) is 7.85. The molecular weight excluding hydrogens is 276 g/mol. The van der Waals surface area contributed by atoms with E-state index < -0.39 is 0 Å². The molecule has 0 saturated heterocycles.